The molecule has 0 radical (unpaired) electrons. The predicted molar refractivity (Wildman–Crippen MR) is 58.1 cm³/mol. The summed E-state index contributed by atoms with van der Waals surface area (Å²) in [6.45, 7) is 6.22. The standard InChI is InChI=1S/C11H22N2O/c1-8-6-5-7-9(2)13(8)11(14)10(3)12-4/h8-10,12H,5-7H2,1-4H3/t8-,9+,10?. The van der Waals surface area contributed by atoms with Crippen molar-refractivity contribution in [1.29, 1.82) is 0 Å². The topological polar surface area (TPSA) is 32.3 Å². The highest BCUT2D eigenvalue weighted by Crippen LogP contribution is 2.22. The number of hydrogen-bond donors (Lipinski definition) is 1. The van der Waals surface area contributed by atoms with E-state index in [1.807, 2.05) is 18.9 Å². The average molecular weight is 198 g/mol. The van der Waals surface area contributed by atoms with Gasteiger partial charge in [-0.25, -0.2) is 0 Å². The molecule has 3 atom stereocenters. The van der Waals surface area contributed by atoms with E-state index in [2.05, 4.69) is 19.2 Å². The Morgan fingerprint density at radius 1 is 1.36 bits per heavy atom. The smallest absolute Gasteiger partial charge is 0.239 e. The highest BCUT2D eigenvalue weighted by Gasteiger charge is 2.30. The molecule has 0 aliphatic carbocycles. The Balaban J connectivity index is 2.67. The zero-order valence-corrected chi connectivity index (χ0v) is 9.71. The van der Waals surface area contributed by atoms with Gasteiger partial charge in [-0.1, -0.05) is 0 Å². The summed E-state index contributed by atoms with van der Waals surface area (Å²) in [5.41, 5.74) is 0. The van der Waals surface area contributed by atoms with Gasteiger partial charge in [0.1, 0.15) is 0 Å². The van der Waals surface area contributed by atoms with E-state index in [-0.39, 0.29) is 11.9 Å². The van der Waals surface area contributed by atoms with Crippen molar-refractivity contribution < 1.29 is 4.79 Å². The van der Waals surface area contributed by atoms with Gasteiger partial charge in [0.05, 0.1) is 6.04 Å². The molecular formula is C11H22N2O. The Kier molecular flexibility index (Phi) is 3.93. The first-order chi connectivity index (χ1) is 6.57. The van der Waals surface area contributed by atoms with E-state index in [1.165, 1.54) is 6.42 Å². The number of hydrogen-bond acceptors (Lipinski definition) is 2. The van der Waals surface area contributed by atoms with E-state index in [0.717, 1.165) is 12.8 Å². The van der Waals surface area contributed by atoms with Gasteiger partial charge in [-0.15, -0.1) is 0 Å². The lowest BCUT2D eigenvalue weighted by atomic mass is 9.96. The molecule has 1 amide bonds. The quantitative estimate of drug-likeness (QED) is 0.727. The van der Waals surface area contributed by atoms with Crippen LogP contribution in [0.2, 0.25) is 0 Å². The second kappa shape index (κ2) is 4.78. The molecule has 0 saturated carbocycles. The van der Waals surface area contributed by atoms with E-state index < -0.39 is 0 Å². The number of amides is 1. The van der Waals surface area contributed by atoms with Gasteiger partial charge in [-0.2, -0.15) is 0 Å². The van der Waals surface area contributed by atoms with Gasteiger partial charge in [0.25, 0.3) is 0 Å². The van der Waals surface area contributed by atoms with Crippen molar-refractivity contribution >= 4 is 5.91 Å². The van der Waals surface area contributed by atoms with E-state index in [9.17, 15) is 4.79 Å². The molecular weight excluding hydrogens is 176 g/mol. The summed E-state index contributed by atoms with van der Waals surface area (Å²) in [5.74, 6) is 0.243. The zero-order valence-electron chi connectivity index (χ0n) is 9.71. The fourth-order valence-corrected chi connectivity index (χ4v) is 2.20. The minimum Gasteiger partial charge on any atom is -0.336 e. The van der Waals surface area contributed by atoms with Crippen LogP contribution >= 0.6 is 0 Å². The highest BCUT2D eigenvalue weighted by atomic mass is 16.2. The van der Waals surface area contributed by atoms with Gasteiger partial charge in [0.15, 0.2) is 0 Å². The first kappa shape index (κ1) is 11.5. The molecule has 1 rings (SSSR count). The van der Waals surface area contributed by atoms with Crippen molar-refractivity contribution in [1.82, 2.24) is 10.2 Å². The summed E-state index contributed by atoms with van der Waals surface area (Å²) in [7, 11) is 1.84. The van der Waals surface area contributed by atoms with Crippen LogP contribution in [0.25, 0.3) is 0 Å². The number of piperidine rings is 1. The Hall–Kier alpha value is -0.570. The molecule has 3 heteroatoms. The van der Waals surface area contributed by atoms with Crippen molar-refractivity contribution in [3.05, 3.63) is 0 Å². The summed E-state index contributed by atoms with van der Waals surface area (Å²) >= 11 is 0. The van der Waals surface area contributed by atoms with Gasteiger partial charge < -0.3 is 10.2 Å². The summed E-state index contributed by atoms with van der Waals surface area (Å²) in [6, 6.07) is 0.752. The van der Waals surface area contributed by atoms with Crippen molar-refractivity contribution in [2.45, 2.75) is 58.2 Å². The predicted octanol–water partition coefficient (Wildman–Crippen LogP) is 1.38. The van der Waals surface area contributed by atoms with Gasteiger partial charge in [-0.05, 0) is 47.1 Å². The Morgan fingerprint density at radius 2 is 1.86 bits per heavy atom. The monoisotopic (exact) mass is 198 g/mol. The van der Waals surface area contributed by atoms with Gasteiger partial charge >= 0.3 is 0 Å². The minimum atomic E-state index is -0.0574. The van der Waals surface area contributed by atoms with Crippen LogP contribution in [0.4, 0.5) is 0 Å². The Bertz CT molecular complexity index is 195. The number of carbonyl (C=O) groups excluding carboxylic acids is 1. The van der Waals surface area contributed by atoms with Crippen LogP contribution < -0.4 is 5.32 Å². The van der Waals surface area contributed by atoms with Crippen molar-refractivity contribution in [3.8, 4) is 0 Å². The summed E-state index contributed by atoms with van der Waals surface area (Å²) in [5, 5.41) is 3.01. The number of likely N-dealkylation sites (tertiary alicyclic amines) is 1. The lowest BCUT2D eigenvalue weighted by Crippen LogP contribution is -2.53. The normalized spacial score (nSPS) is 30.1. The van der Waals surface area contributed by atoms with E-state index in [1.54, 1.807) is 0 Å². The van der Waals surface area contributed by atoms with E-state index in [0.29, 0.717) is 12.1 Å². The first-order valence-electron chi connectivity index (χ1n) is 5.57. The molecule has 82 valence electrons. The van der Waals surface area contributed by atoms with Gasteiger partial charge in [0.2, 0.25) is 5.91 Å². The number of carbonyl (C=O) groups is 1. The molecule has 0 aromatic rings. The van der Waals surface area contributed by atoms with Crippen molar-refractivity contribution in [2.24, 2.45) is 0 Å². The highest BCUT2D eigenvalue weighted by molar-refractivity contribution is 5.82. The molecule has 0 aromatic heterocycles. The SMILES string of the molecule is CNC(C)C(=O)N1[C@H](C)CCC[C@@H]1C. The third kappa shape index (κ3) is 2.27. The average Bonchev–Trinajstić information content (AvgIpc) is 2.16. The van der Waals surface area contributed by atoms with E-state index in [4.69, 9.17) is 0 Å². The minimum absolute atomic E-state index is 0.0574. The second-order valence-corrected chi connectivity index (χ2v) is 4.38. The Labute approximate surface area is 86.9 Å². The fraction of sp³-hybridized carbons (Fsp3) is 0.909. The fourth-order valence-electron chi connectivity index (χ4n) is 2.20. The largest absolute Gasteiger partial charge is 0.336 e. The molecule has 3 nitrogen and oxygen atoms in total. The molecule has 1 saturated heterocycles. The maximum atomic E-state index is 12.0. The van der Waals surface area contributed by atoms with Gasteiger partial charge in [-0.3, -0.25) is 4.79 Å². The molecule has 1 aliphatic heterocycles. The lowest BCUT2D eigenvalue weighted by molar-refractivity contribution is -0.139. The summed E-state index contributed by atoms with van der Waals surface area (Å²) < 4.78 is 0. The molecule has 14 heavy (non-hydrogen) atoms. The van der Waals surface area contributed by atoms with Crippen molar-refractivity contribution in [3.63, 3.8) is 0 Å². The maximum Gasteiger partial charge on any atom is 0.239 e. The molecule has 1 aliphatic rings. The summed E-state index contributed by atoms with van der Waals surface area (Å²) in [4.78, 5) is 14.1. The zero-order chi connectivity index (χ0) is 10.7. The number of likely N-dealkylation sites (N-methyl/N-ethyl adjacent to an activating group) is 1. The van der Waals surface area contributed by atoms with Crippen LogP contribution in [0.15, 0.2) is 0 Å². The third-order valence-electron chi connectivity index (χ3n) is 3.25. The van der Waals surface area contributed by atoms with Crippen LogP contribution in [-0.2, 0) is 4.79 Å². The number of nitrogens with zero attached hydrogens (tertiary/aromatic N) is 1. The summed E-state index contributed by atoms with van der Waals surface area (Å²) in [6.07, 6.45) is 3.54. The number of rotatable bonds is 2. The molecule has 0 spiro atoms. The van der Waals surface area contributed by atoms with E-state index >= 15 is 0 Å². The van der Waals surface area contributed by atoms with Crippen LogP contribution in [0.5, 0.6) is 0 Å². The molecule has 1 fully saturated rings. The van der Waals surface area contributed by atoms with Crippen LogP contribution in [-0.4, -0.2) is 36.0 Å². The van der Waals surface area contributed by atoms with Gasteiger partial charge in [0, 0.05) is 12.1 Å². The van der Waals surface area contributed by atoms with Crippen LogP contribution in [0.3, 0.4) is 0 Å². The maximum absolute atomic E-state index is 12.0. The third-order valence-corrected chi connectivity index (χ3v) is 3.25. The molecule has 0 bridgehead atoms. The number of nitrogens with one attached hydrogen (secondary N) is 1. The molecule has 1 heterocycles. The molecule has 1 unspecified atom stereocenters. The lowest BCUT2D eigenvalue weighted by Gasteiger charge is -2.40. The van der Waals surface area contributed by atoms with Crippen LogP contribution in [0.1, 0.15) is 40.0 Å². The molecule has 1 N–H and O–H groups in total. The van der Waals surface area contributed by atoms with Crippen molar-refractivity contribution in [2.75, 3.05) is 7.05 Å². The second-order valence-electron chi connectivity index (χ2n) is 4.38. The molecule has 0 aromatic carbocycles. The Morgan fingerprint density at radius 3 is 2.29 bits per heavy atom. The first-order valence-corrected chi connectivity index (χ1v) is 5.57. The van der Waals surface area contributed by atoms with Crippen LogP contribution in [0, 0.1) is 0 Å².